The molecule has 0 aromatic carbocycles. The highest BCUT2D eigenvalue weighted by atomic mass is 28.4. The zero-order valence-electron chi connectivity index (χ0n) is 21.9. The van der Waals surface area contributed by atoms with E-state index >= 15 is 8.78 Å². The molecule has 0 amide bonds. The lowest BCUT2D eigenvalue weighted by atomic mass is 9.87. The molecule has 44 heavy (non-hydrogen) atoms. The molecule has 0 atom stereocenters. The van der Waals surface area contributed by atoms with Gasteiger partial charge in [-0.3, -0.25) is 0 Å². The highest BCUT2D eigenvalue weighted by Crippen LogP contribution is 2.66. The third-order valence-corrected chi connectivity index (χ3v) is 8.22. The molecule has 0 N–H and O–H groups in total. The summed E-state index contributed by atoms with van der Waals surface area (Å²) in [5.74, 6) is -71.0. The van der Waals surface area contributed by atoms with Crippen LogP contribution in [0.15, 0.2) is 0 Å². The van der Waals surface area contributed by atoms with Crippen molar-refractivity contribution in [1.82, 2.24) is 0 Å². The van der Waals surface area contributed by atoms with Crippen LogP contribution in [0.4, 0.5) is 92.2 Å². The first-order chi connectivity index (χ1) is 19.2. The van der Waals surface area contributed by atoms with Crippen LogP contribution in [0.1, 0.15) is 40.0 Å². The Morgan fingerprint density at radius 2 is 0.545 bits per heavy atom. The van der Waals surface area contributed by atoms with E-state index in [-0.39, 0.29) is 0 Å². The van der Waals surface area contributed by atoms with E-state index in [0.29, 0.717) is 0 Å². The normalized spacial score (nSPS) is 16.1. The molecule has 0 rings (SSSR count). The van der Waals surface area contributed by atoms with E-state index in [9.17, 15) is 83.4 Å². The monoisotopic (exact) mass is 724 g/mol. The van der Waals surface area contributed by atoms with Crippen molar-refractivity contribution in [3.05, 3.63) is 0 Å². The van der Waals surface area contributed by atoms with Crippen molar-refractivity contribution < 1.29 is 105 Å². The molecule has 0 radical (unpaired) electrons. The molecule has 0 fully saturated rings. The molecule has 0 unspecified atom stereocenters. The van der Waals surface area contributed by atoms with Gasteiger partial charge in [-0.05, 0) is 19.3 Å². The van der Waals surface area contributed by atoms with E-state index in [1.54, 1.807) is 0 Å². The fraction of sp³-hybridized carbons (Fsp3) is 1.00. The maximum atomic E-state index is 15.1. The second kappa shape index (κ2) is 12.7. The Morgan fingerprint density at radius 1 is 0.341 bits per heavy atom. The summed E-state index contributed by atoms with van der Waals surface area (Å²) in [4.78, 5) is 0. The third-order valence-electron chi connectivity index (χ3n) is 5.38. The van der Waals surface area contributed by atoms with Gasteiger partial charge >= 0.3 is 67.9 Å². The lowest BCUT2D eigenvalue weighted by molar-refractivity contribution is -0.473. The zero-order valence-corrected chi connectivity index (χ0v) is 22.9. The van der Waals surface area contributed by atoms with Crippen molar-refractivity contribution in [1.29, 1.82) is 0 Å². The van der Waals surface area contributed by atoms with E-state index in [0.717, 1.165) is 20.8 Å². The van der Waals surface area contributed by atoms with E-state index in [1.807, 2.05) is 0 Å². The van der Waals surface area contributed by atoms with Crippen LogP contribution in [0.25, 0.3) is 0 Å². The molecule has 0 heterocycles. The first-order valence-corrected chi connectivity index (χ1v) is 13.3. The van der Waals surface area contributed by atoms with Gasteiger partial charge in [-0.1, -0.05) is 20.8 Å². The second-order valence-electron chi connectivity index (χ2n) is 8.77. The third kappa shape index (κ3) is 5.94. The van der Waals surface area contributed by atoms with Crippen LogP contribution >= 0.6 is 0 Å². The molecule has 0 saturated heterocycles. The molecule has 0 aromatic rings. The fourth-order valence-electron chi connectivity index (χ4n) is 2.86. The van der Waals surface area contributed by atoms with E-state index < -0.39 is 107 Å². The van der Waals surface area contributed by atoms with Gasteiger partial charge in [-0.15, -0.1) is 0 Å². The summed E-state index contributed by atoms with van der Waals surface area (Å²) >= 11 is 0. The van der Waals surface area contributed by atoms with Gasteiger partial charge in [-0.2, -0.15) is 92.2 Å². The highest BCUT2D eigenvalue weighted by Gasteiger charge is 2.99. The molecule has 25 heteroatoms. The predicted molar refractivity (Wildman–Crippen MR) is 105 cm³/mol. The summed E-state index contributed by atoms with van der Waals surface area (Å²) < 4.78 is 302. The Bertz CT molecular complexity index is 892. The smallest absolute Gasteiger partial charge is 0.370 e. The van der Waals surface area contributed by atoms with Crippen LogP contribution in [-0.2, 0) is 13.3 Å². The molecular formula is C19H21F21O3Si. The van der Waals surface area contributed by atoms with Gasteiger partial charge in [0.25, 0.3) is 0 Å². The molecule has 0 saturated carbocycles. The number of alkyl halides is 21. The SMILES string of the molecule is CCCO[Si](OCCC)(OCCC)C(F)(F)C(F)(F)C(F)(F)C(F)(F)C(F)(F)C(F)(F)C(F)(F)C(F)(F)C(F)(F)C(F)(F)F. The number of hydrogen-bond donors (Lipinski definition) is 0. The number of hydrogen-bond acceptors (Lipinski definition) is 3. The zero-order chi connectivity index (χ0) is 35.9. The van der Waals surface area contributed by atoms with Crippen LogP contribution in [0, 0.1) is 0 Å². The second-order valence-corrected chi connectivity index (χ2v) is 11.4. The molecule has 3 nitrogen and oxygen atoms in total. The quantitative estimate of drug-likeness (QED) is 0.104. The van der Waals surface area contributed by atoms with Crippen molar-refractivity contribution in [2.24, 2.45) is 0 Å². The topological polar surface area (TPSA) is 27.7 Å². The Balaban J connectivity index is 7.44. The van der Waals surface area contributed by atoms with E-state index in [1.165, 1.54) is 0 Å². The Morgan fingerprint density at radius 3 is 0.750 bits per heavy atom. The first kappa shape index (κ1) is 42.6. The molecular weight excluding hydrogens is 703 g/mol. The standard InChI is InChI=1S/C19H21F21O3Si/c1-4-7-41-44(42-8-5-2,43-9-6-3)19(39,40)17(34,35)15(30,31)13(26,27)11(22,23)10(20,21)12(24,25)14(28,29)16(32,33)18(36,37)38/h4-9H2,1-3H3. The van der Waals surface area contributed by atoms with Crippen LogP contribution in [0.3, 0.4) is 0 Å². The predicted octanol–water partition coefficient (Wildman–Crippen LogP) is 9.02. The molecule has 0 spiro atoms. The molecule has 0 aliphatic rings. The summed E-state index contributed by atoms with van der Waals surface area (Å²) in [6.07, 6.45) is -9.48. The average Bonchev–Trinajstić information content (AvgIpc) is 2.86. The van der Waals surface area contributed by atoms with Gasteiger partial charge in [0.1, 0.15) is 0 Å². The first-order valence-electron chi connectivity index (χ1n) is 11.6. The summed E-state index contributed by atoms with van der Waals surface area (Å²) in [7, 11) is -6.95. The maximum absolute atomic E-state index is 15.1. The average molecular weight is 724 g/mol. The minimum Gasteiger partial charge on any atom is -0.370 e. The Hall–Kier alpha value is -1.37. The van der Waals surface area contributed by atoms with Crippen molar-refractivity contribution >= 4 is 8.80 Å². The fourth-order valence-corrected chi connectivity index (χ4v) is 5.61. The lowest BCUT2D eigenvalue weighted by Gasteiger charge is -2.46. The highest BCUT2D eigenvalue weighted by molar-refractivity contribution is 6.63. The van der Waals surface area contributed by atoms with Crippen LogP contribution in [-0.4, -0.2) is 87.7 Å². The summed E-state index contributed by atoms with van der Waals surface area (Å²) in [5, 5.41) is 0. The summed E-state index contributed by atoms with van der Waals surface area (Å²) in [6.45, 7) is -0.473. The van der Waals surface area contributed by atoms with Gasteiger partial charge in [0, 0.05) is 19.8 Å². The summed E-state index contributed by atoms with van der Waals surface area (Å²) in [5.41, 5.74) is -7.09. The van der Waals surface area contributed by atoms with Crippen molar-refractivity contribution in [2.45, 2.75) is 99.1 Å². The number of halogens is 21. The minimum absolute atomic E-state index is 0.482. The van der Waals surface area contributed by atoms with Crippen molar-refractivity contribution in [3.63, 3.8) is 0 Å². The van der Waals surface area contributed by atoms with Gasteiger partial charge in [0.2, 0.25) is 0 Å². The van der Waals surface area contributed by atoms with Crippen LogP contribution < -0.4 is 0 Å². The number of rotatable bonds is 18. The van der Waals surface area contributed by atoms with Gasteiger partial charge in [-0.25, -0.2) is 0 Å². The molecule has 0 bridgehead atoms. The molecule has 0 aromatic heterocycles. The maximum Gasteiger partial charge on any atom is 0.582 e. The van der Waals surface area contributed by atoms with Crippen molar-refractivity contribution in [3.8, 4) is 0 Å². The molecule has 266 valence electrons. The van der Waals surface area contributed by atoms with E-state index in [4.69, 9.17) is 0 Å². The largest absolute Gasteiger partial charge is 0.582 e. The van der Waals surface area contributed by atoms with Gasteiger partial charge in [0.05, 0.1) is 0 Å². The van der Waals surface area contributed by atoms with Gasteiger partial charge in [0.15, 0.2) is 0 Å². The molecule has 0 aliphatic heterocycles. The molecule has 0 aliphatic carbocycles. The van der Waals surface area contributed by atoms with Crippen LogP contribution in [0.2, 0.25) is 0 Å². The Labute approximate surface area is 234 Å². The van der Waals surface area contributed by atoms with Crippen molar-refractivity contribution in [2.75, 3.05) is 19.8 Å². The van der Waals surface area contributed by atoms with E-state index in [2.05, 4.69) is 13.3 Å². The Kier molecular flexibility index (Phi) is 12.3. The van der Waals surface area contributed by atoms with Crippen LogP contribution in [0.5, 0.6) is 0 Å². The minimum atomic E-state index is -9.23. The van der Waals surface area contributed by atoms with Gasteiger partial charge < -0.3 is 13.3 Å². The lowest BCUT2D eigenvalue weighted by Crippen LogP contribution is -2.79. The summed E-state index contributed by atoms with van der Waals surface area (Å²) in [6, 6.07) is 0.